The van der Waals surface area contributed by atoms with Gasteiger partial charge in [0.15, 0.2) is 0 Å². The fourth-order valence-electron chi connectivity index (χ4n) is 2.30. The molecule has 1 saturated heterocycles. The summed E-state index contributed by atoms with van der Waals surface area (Å²) in [7, 11) is 0. The number of halogens is 1. The summed E-state index contributed by atoms with van der Waals surface area (Å²) in [6, 6.07) is 6.86. The van der Waals surface area contributed by atoms with Crippen LogP contribution in [0.1, 0.15) is 17.5 Å². The lowest BCUT2D eigenvalue weighted by molar-refractivity contribution is -0.122. The minimum Gasteiger partial charge on any atom is -0.392 e. The maximum absolute atomic E-state index is 13.3. The van der Waals surface area contributed by atoms with Crippen molar-refractivity contribution >= 4 is 5.91 Å². The molecule has 0 bridgehead atoms. The van der Waals surface area contributed by atoms with E-state index in [-0.39, 0.29) is 19.6 Å². The molecule has 1 aliphatic rings. The predicted molar refractivity (Wildman–Crippen MR) is 65.3 cm³/mol. The molecular formula is C13H17FN2O2. The van der Waals surface area contributed by atoms with Crippen LogP contribution in [0.5, 0.6) is 0 Å². The van der Waals surface area contributed by atoms with E-state index in [4.69, 9.17) is 10.8 Å². The van der Waals surface area contributed by atoms with Crippen LogP contribution in [0.25, 0.3) is 0 Å². The smallest absolute Gasteiger partial charge is 0.234 e. The molecule has 0 unspecified atom stereocenters. The van der Waals surface area contributed by atoms with Crippen molar-refractivity contribution in [1.82, 2.24) is 4.90 Å². The standard InChI is InChI=1S/C13H17FN2O2/c14-11-5-12(13(15)18)16(7-11)6-9-1-3-10(8-17)4-2-9/h1-4,11-12,17H,5-8H2,(H2,15,18)/t11-,12+/m1/s1. The molecule has 1 fully saturated rings. The number of nitrogens with zero attached hydrogens (tertiary/aromatic N) is 1. The first-order valence-electron chi connectivity index (χ1n) is 5.96. The number of amides is 1. The Balaban J connectivity index is 2.05. The molecule has 1 aliphatic heterocycles. The molecule has 1 aromatic rings. The maximum atomic E-state index is 13.3. The first-order valence-corrected chi connectivity index (χ1v) is 5.96. The number of nitrogens with two attached hydrogens (primary N) is 1. The average Bonchev–Trinajstić information content (AvgIpc) is 2.71. The Labute approximate surface area is 105 Å². The maximum Gasteiger partial charge on any atom is 0.234 e. The number of rotatable bonds is 4. The number of carbonyl (C=O) groups excluding carboxylic acids is 1. The number of benzene rings is 1. The van der Waals surface area contributed by atoms with Crippen molar-refractivity contribution in [3.63, 3.8) is 0 Å². The number of aliphatic hydroxyl groups excluding tert-OH is 1. The lowest BCUT2D eigenvalue weighted by Crippen LogP contribution is -2.39. The van der Waals surface area contributed by atoms with Gasteiger partial charge in [0.2, 0.25) is 5.91 Å². The molecule has 18 heavy (non-hydrogen) atoms. The third kappa shape index (κ3) is 2.86. The molecule has 0 aliphatic carbocycles. The van der Waals surface area contributed by atoms with Crippen molar-refractivity contribution < 1.29 is 14.3 Å². The van der Waals surface area contributed by atoms with E-state index < -0.39 is 18.1 Å². The summed E-state index contributed by atoms with van der Waals surface area (Å²) in [5, 5.41) is 8.94. The normalized spacial score (nSPS) is 24.3. The van der Waals surface area contributed by atoms with E-state index in [1.165, 1.54) is 0 Å². The van der Waals surface area contributed by atoms with Crippen molar-refractivity contribution in [2.45, 2.75) is 31.8 Å². The molecule has 0 radical (unpaired) electrons. The SMILES string of the molecule is NC(=O)[C@@H]1C[C@@H](F)CN1Cc1ccc(CO)cc1. The molecule has 3 N–H and O–H groups in total. The van der Waals surface area contributed by atoms with Gasteiger partial charge in [0.25, 0.3) is 0 Å². The van der Waals surface area contributed by atoms with Gasteiger partial charge in [0, 0.05) is 19.5 Å². The van der Waals surface area contributed by atoms with Crippen molar-refractivity contribution in [2.75, 3.05) is 6.54 Å². The highest BCUT2D eigenvalue weighted by molar-refractivity contribution is 5.80. The Hall–Kier alpha value is -1.46. The molecule has 1 heterocycles. The summed E-state index contributed by atoms with van der Waals surface area (Å²) >= 11 is 0. The highest BCUT2D eigenvalue weighted by Gasteiger charge is 2.35. The number of alkyl halides is 1. The number of aliphatic hydroxyl groups is 1. The summed E-state index contributed by atoms with van der Waals surface area (Å²) in [6.45, 7) is 0.746. The molecule has 2 rings (SSSR count). The lowest BCUT2D eigenvalue weighted by atomic mass is 10.1. The van der Waals surface area contributed by atoms with Gasteiger partial charge in [-0.2, -0.15) is 0 Å². The van der Waals surface area contributed by atoms with Crippen molar-refractivity contribution in [3.8, 4) is 0 Å². The van der Waals surface area contributed by atoms with Gasteiger partial charge in [-0.15, -0.1) is 0 Å². The minimum absolute atomic E-state index is 0.000456. The van der Waals surface area contributed by atoms with Crippen LogP contribution in [0.4, 0.5) is 4.39 Å². The summed E-state index contributed by atoms with van der Waals surface area (Å²) in [5.41, 5.74) is 7.08. The van der Waals surface area contributed by atoms with Gasteiger partial charge in [0.1, 0.15) is 6.17 Å². The lowest BCUT2D eigenvalue weighted by Gasteiger charge is -2.21. The third-order valence-corrected chi connectivity index (χ3v) is 3.27. The molecule has 4 nitrogen and oxygen atoms in total. The Morgan fingerprint density at radius 2 is 2.00 bits per heavy atom. The van der Waals surface area contributed by atoms with Crippen molar-refractivity contribution in [3.05, 3.63) is 35.4 Å². The van der Waals surface area contributed by atoms with Crippen LogP contribution in [0.3, 0.4) is 0 Å². The van der Waals surface area contributed by atoms with E-state index in [1.54, 1.807) is 4.90 Å². The third-order valence-electron chi connectivity index (χ3n) is 3.27. The molecule has 2 atom stereocenters. The van der Waals surface area contributed by atoms with Gasteiger partial charge in [0.05, 0.1) is 12.6 Å². The van der Waals surface area contributed by atoms with Crippen molar-refractivity contribution in [2.24, 2.45) is 5.73 Å². The highest BCUT2D eigenvalue weighted by atomic mass is 19.1. The van der Waals surface area contributed by atoms with E-state index in [2.05, 4.69) is 0 Å². The molecular weight excluding hydrogens is 235 g/mol. The Morgan fingerprint density at radius 3 is 2.56 bits per heavy atom. The number of likely N-dealkylation sites (tertiary alicyclic amines) is 1. The van der Waals surface area contributed by atoms with Crippen LogP contribution in [0.2, 0.25) is 0 Å². The molecule has 0 spiro atoms. The Kier molecular flexibility index (Phi) is 3.93. The van der Waals surface area contributed by atoms with Crippen LogP contribution in [0.15, 0.2) is 24.3 Å². The Bertz CT molecular complexity index is 422. The number of hydrogen-bond donors (Lipinski definition) is 2. The van der Waals surface area contributed by atoms with Gasteiger partial charge in [-0.25, -0.2) is 4.39 Å². The average molecular weight is 252 g/mol. The predicted octanol–water partition coefficient (Wildman–Crippen LogP) is 0.577. The van der Waals surface area contributed by atoms with E-state index >= 15 is 0 Å². The highest BCUT2D eigenvalue weighted by Crippen LogP contribution is 2.22. The molecule has 98 valence electrons. The second-order valence-electron chi connectivity index (χ2n) is 4.66. The number of hydrogen-bond acceptors (Lipinski definition) is 3. The topological polar surface area (TPSA) is 66.6 Å². The second kappa shape index (κ2) is 5.46. The number of primary amides is 1. The molecule has 5 heteroatoms. The van der Waals surface area contributed by atoms with Gasteiger partial charge >= 0.3 is 0 Å². The van der Waals surface area contributed by atoms with E-state index in [0.29, 0.717) is 6.54 Å². The quantitative estimate of drug-likeness (QED) is 0.823. The molecule has 1 aromatic carbocycles. The number of carbonyl (C=O) groups is 1. The van der Waals surface area contributed by atoms with Gasteiger partial charge in [-0.3, -0.25) is 9.69 Å². The second-order valence-corrected chi connectivity index (χ2v) is 4.66. The van der Waals surface area contributed by atoms with E-state index in [1.807, 2.05) is 24.3 Å². The molecule has 1 amide bonds. The zero-order chi connectivity index (χ0) is 13.1. The minimum atomic E-state index is -0.987. The van der Waals surface area contributed by atoms with Crippen LogP contribution in [-0.4, -0.2) is 34.7 Å². The fourth-order valence-corrected chi connectivity index (χ4v) is 2.30. The van der Waals surface area contributed by atoms with Crippen LogP contribution >= 0.6 is 0 Å². The zero-order valence-corrected chi connectivity index (χ0v) is 10.1. The fraction of sp³-hybridized carbons (Fsp3) is 0.462. The first-order chi connectivity index (χ1) is 8.60. The van der Waals surface area contributed by atoms with E-state index in [9.17, 15) is 9.18 Å². The Morgan fingerprint density at radius 1 is 1.39 bits per heavy atom. The molecule has 0 saturated carbocycles. The van der Waals surface area contributed by atoms with E-state index in [0.717, 1.165) is 11.1 Å². The monoisotopic (exact) mass is 252 g/mol. The largest absolute Gasteiger partial charge is 0.392 e. The summed E-state index contributed by atoms with van der Waals surface area (Å²) in [6.07, 6.45) is -0.802. The summed E-state index contributed by atoms with van der Waals surface area (Å²) < 4.78 is 13.3. The van der Waals surface area contributed by atoms with Crippen molar-refractivity contribution in [1.29, 1.82) is 0 Å². The first kappa shape index (κ1) is 13.0. The van der Waals surface area contributed by atoms with Gasteiger partial charge in [-0.05, 0) is 11.1 Å². The van der Waals surface area contributed by atoms with Gasteiger partial charge in [-0.1, -0.05) is 24.3 Å². The molecule has 0 aromatic heterocycles. The summed E-state index contributed by atoms with van der Waals surface area (Å²) in [4.78, 5) is 13.0. The zero-order valence-electron chi connectivity index (χ0n) is 10.1. The van der Waals surface area contributed by atoms with Crippen LogP contribution in [0, 0.1) is 0 Å². The van der Waals surface area contributed by atoms with Crippen LogP contribution in [-0.2, 0) is 17.9 Å². The summed E-state index contributed by atoms with van der Waals surface area (Å²) in [5.74, 6) is -0.470. The van der Waals surface area contributed by atoms with Crippen LogP contribution < -0.4 is 5.73 Å². The van der Waals surface area contributed by atoms with Gasteiger partial charge < -0.3 is 10.8 Å².